The molecule has 0 heterocycles. The fourth-order valence-corrected chi connectivity index (χ4v) is 1.82. The van der Waals surface area contributed by atoms with Gasteiger partial charge in [-0.05, 0) is 12.1 Å². The molecule has 0 bridgehead atoms. The van der Waals surface area contributed by atoms with Gasteiger partial charge < -0.3 is 10.6 Å². The molecule has 2 rings (SSSR count). The van der Waals surface area contributed by atoms with Gasteiger partial charge in [0.2, 0.25) is 0 Å². The maximum atomic E-state index is 13.1. The molecule has 0 atom stereocenters. The minimum Gasteiger partial charge on any atom is -0.308 e. The van der Waals surface area contributed by atoms with E-state index in [0.717, 1.165) is 12.1 Å². The summed E-state index contributed by atoms with van der Waals surface area (Å²) in [4.78, 5) is 11.7. The molecule has 0 aromatic heterocycles. The Hall–Kier alpha value is -2.78. The van der Waals surface area contributed by atoms with E-state index in [4.69, 9.17) is 0 Å². The van der Waals surface area contributed by atoms with Crippen LogP contribution >= 0.6 is 0 Å². The molecule has 2 aromatic carbocycles. The summed E-state index contributed by atoms with van der Waals surface area (Å²) >= 11 is 0. The van der Waals surface area contributed by atoms with Crippen LogP contribution in [0, 0.1) is 17.5 Å². The molecule has 0 aliphatic carbocycles. The van der Waals surface area contributed by atoms with Gasteiger partial charge in [-0.15, -0.1) is 0 Å². The van der Waals surface area contributed by atoms with E-state index in [1.807, 2.05) is 5.32 Å². The first kappa shape index (κ1) is 18.6. The summed E-state index contributed by atoms with van der Waals surface area (Å²) in [6, 6.07) is 3.32. The quantitative estimate of drug-likeness (QED) is 0.573. The van der Waals surface area contributed by atoms with Gasteiger partial charge in [-0.2, -0.15) is 8.78 Å². The number of carbonyl (C=O) groups excluding carboxylic acids is 1. The Balaban J connectivity index is 2.06. The largest absolute Gasteiger partial charge is 0.332 e. The monoisotopic (exact) mass is 366 g/mol. The summed E-state index contributed by atoms with van der Waals surface area (Å²) < 4.78 is 89.5. The highest BCUT2D eigenvalue weighted by molar-refractivity contribution is 5.99. The molecule has 2 N–H and O–H groups in total. The summed E-state index contributed by atoms with van der Waals surface area (Å²) in [6.45, 7) is 0. The van der Waals surface area contributed by atoms with Crippen molar-refractivity contribution < 1.29 is 35.5 Å². The van der Waals surface area contributed by atoms with Crippen LogP contribution in [0.15, 0.2) is 36.4 Å². The Morgan fingerprint density at radius 1 is 0.880 bits per heavy atom. The molecule has 0 aliphatic rings. The zero-order valence-corrected chi connectivity index (χ0v) is 12.1. The third kappa shape index (κ3) is 4.20. The molecular weight excluding hydrogens is 357 g/mol. The molecular formula is C15H9F7N2O. The molecule has 3 nitrogen and oxygen atoms in total. The lowest BCUT2D eigenvalue weighted by molar-refractivity contribution is -0.135. The van der Waals surface area contributed by atoms with Gasteiger partial charge in [-0.25, -0.2) is 26.7 Å². The van der Waals surface area contributed by atoms with E-state index in [2.05, 4.69) is 5.32 Å². The summed E-state index contributed by atoms with van der Waals surface area (Å²) in [5, 5.41) is 4.13. The van der Waals surface area contributed by atoms with Crippen molar-refractivity contribution in [1.82, 2.24) is 0 Å². The van der Waals surface area contributed by atoms with Crippen molar-refractivity contribution in [2.24, 2.45) is 0 Å². The van der Waals surface area contributed by atoms with Gasteiger partial charge in [0.15, 0.2) is 17.5 Å². The lowest BCUT2D eigenvalue weighted by Crippen LogP contribution is -2.23. The van der Waals surface area contributed by atoms with Crippen molar-refractivity contribution in [3.05, 3.63) is 59.4 Å². The number of hydrogen-bond donors (Lipinski definition) is 2. The lowest BCUT2D eigenvalue weighted by atomic mass is 10.1. The Bertz CT molecular complexity index is 755. The highest BCUT2D eigenvalue weighted by Gasteiger charge is 2.42. The van der Waals surface area contributed by atoms with E-state index in [1.165, 1.54) is 0 Å². The molecule has 0 aliphatic heterocycles. The van der Waals surface area contributed by atoms with E-state index in [1.54, 1.807) is 0 Å². The first-order chi connectivity index (χ1) is 11.6. The molecule has 0 spiro atoms. The molecule has 0 unspecified atom stereocenters. The van der Waals surface area contributed by atoms with Crippen LogP contribution in [-0.2, 0) is 5.92 Å². The van der Waals surface area contributed by atoms with Gasteiger partial charge in [0.25, 0.3) is 0 Å². The van der Waals surface area contributed by atoms with Crippen LogP contribution in [0.5, 0.6) is 0 Å². The number of rotatable bonds is 4. The van der Waals surface area contributed by atoms with Crippen LogP contribution in [0.4, 0.5) is 46.9 Å². The third-order valence-electron chi connectivity index (χ3n) is 3.04. The number of halogens is 7. The van der Waals surface area contributed by atoms with Gasteiger partial charge in [0, 0.05) is 29.1 Å². The average molecular weight is 366 g/mol. The number of anilines is 2. The summed E-state index contributed by atoms with van der Waals surface area (Å²) in [5.41, 5.74) is -1.39. The SMILES string of the molecule is O=C(Nc1ccc(C(F)(F)C(F)F)cc1)Nc1cc(F)c(F)c(F)c1. The number of benzene rings is 2. The number of alkyl halides is 4. The van der Waals surface area contributed by atoms with Crippen LogP contribution < -0.4 is 10.6 Å². The molecule has 0 fully saturated rings. The van der Waals surface area contributed by atoms with Crippen LogP contribution in [0.25, 0.3) is 0 Å². The lowest BCUT2D eigenvalue weighted by Gasteiger charge is -2.16. The van der Waals surface area contributed by atoms with Crippen molar-refractivity contribution in [2.45, 2.75) is 12.3 Å². The van der Waals surface area contributed by atoms with E-state index >= 15 is 0 Å². The smallest absolute Gasteiger partial charge is 0.308 e. The van der Waals surface area contributed by atoms with E-state index in [-0.39, 0.29) is 5.69 Å². The zero-order chi connectivity index (χ0) is 18.8. The number of urea groups is 1. The fraction of sp³-hybridized carbons (Fsp3) is 0.133. The first-order valence-electron chi connectivity index (χ1n) is 6.60. The molecule has 2 amide bonds. The average Bonchev–Trinajstić information content (AvgIpc) is 2.52. The topological polar surface area (TPSA) is 41.1 Å². The number of nitrogens with one attached hydrogen (secondary N) is 2. The van der Waals surface area contributed by atoms with Crippen molar-refractivity contribution in [3.8, 4) is 0 Å². The highest BCUT2D eigenvalue weighted by Crippen LogP contribution is 2.34. The van der Waals surface area contributed by atoms with Gasteiger partial charge in [-0.1, -0.05) is 12.1 Å². The summed E-state index contributed by atoms with van der Waals surface area (Å²) in [5.74, 6) is -9.09. The normalized spacial score (nSPS) is 11.5. The third-order valence-corrected chi connectivity index (χ3v) is 3.04. The predicted molar refractivity (Wildman–Crippen MR) is 75.3 cm³/mol. The molecule has 25 heavy (non-hydrogen) atoms. The second kappa shape index (κ2) is 6.99. The van der Waals surface area contributed by atoms with Crippen molar-refractivity contribution in [3.63, 3.8) is 0 Å². The molecule has 0 saturated heterocycles. The Kier molecular flexibility index (Phi) is 5.19. The van der Waals surface area contributed by atoms with Gasteiger partial charge in [0.05, 0.1) is 0 Å². The molecule has 0 saturated carbocycles. The van der Waals surface area contributed by atoms with E-state index < -0.39 is 47.1 Å². The number of hydrogen-bond acceptors (Lipinski definition) is 1. The number of carbonyl (C=O) groups is 1. The van der Waals surface area contributed by atoms with Crippen molar-refractivity contribution in [1.29, 1.82) is 0 Å². The van der Waals surface area contributed by atoms with Crippen LogP contribution in [0.2, 0.25) is 0 Å². The van der Waals surface area contributed by atoms with E-state index in [0.29, 0.717) is 24.3 Å². The molecule has 134 valence electrons. The molecule has 2 aromatic rings. The zero-order valence-electron chi connectivity index (χ0n) is 12.1. The number of amides is 2. The molecule has 10 heteroatoms. The van der Waals surface area contributed by atoms with Crippen LogP contribution in [0.3, 0.4) is 0 Å². The van der Waals surface area contributed by atoms with Crippen molar-refractivity contribution >= 4 is 17.4 Å². The maximum absolute atomic E-state index is 13.1. The minimum absolute atomic E-state index is 0.0469. The maximum Gasteiger partial charge on any atom is 0.332 e. The van der Waals surface area contributed by atoms with Gasteiger partial charge in [0.1, 0.15) is 0 Å². The fourth-order valence-electron chi connectivity index (χ4n) is 1.82. The van der Waals surface area contributed by atoms with Crippen LogP contribution in [0.1, 0.15) is 5.56 Å². The summed E-state index contributed by atoms with van der Waals surface area (Å²) in [6.07, 6.45) is -3.89. The first-order valence-corrected chi connectivity index (χ1v) is 6.60. The van der Waals surface area contributed by atoms with Gasteiger partial charge >= 0.3 is 18.4 Å². The Labute approximate surface area is 136 Å². The van der Waals surface area contributed by atoms with Crippen molar-refractivity contribution in [2.75, 3.05) is 10.6 Å². The Morgan fingerprint density at radius 2 is 1.36 bits per heavy atom. The minimum atomic E-state index is -4.34. The van der Waals surface area contributed by atoms with E-state index in [9.17, 15) is 35.5 Å². The highest BCUT2D eigenvalue weighted by atomic mass is 19.3. The predicted octanol–water partition coefficient (Wildman–Crippen LogP) is 5.10. The second-order valence-electron chi connectivity index (χ2n) is 4.83. The Morgan fingerprint density at radius 3 is 1.84 bits per heavy atom. The second-order valence-corrected chi connectivity index (χ2v) is 4.83. The standard InChI is InChI=1S/C15H9F7N2O/c16-10-5-9(6-11(17)12(10)18)24-14(25)23-8-3-1-7(2-4-8)15(21,22)13(19)20/h1-6,13H,(H2,23,24,25). The van der Waals surface area contributed by atoms with Crippen LogP contribution in [-0.4, -0.2) is 12.5 Å². The molecule has 0 radical (unpaired) electrons. The van der Waals surface area contributed by atoms with Gasteiger partial charge in [-0.3, -0.25) is 0 Å². The summed E-state index contributed by atoms with van der Waals surface area (Å²) in [7, 11) is 0.